The first-order valence-corrected chi connectivity index (χ1v) is 28.2. The number of carbonyl (C=O) groups excluding carboxylic acids is 2. The molecule has 0 aromatic rings. The fraction of sp³-hybridized carbons (Fsp3) is 0.857. The Bertz CT molecular complexity index is 1810. The third-order valence-electron chi connectivity index (χ3n) is 16.0. The summed E-state index contributed by atoms with van der Waals surface area (Å²) in [6.07, 6.45) is -6.59. The van der Waals surface area contributed by atoms with Gasteiger partial charge in [-0.3, -0.25) is 14.6 Å². The van der Waals surface area contributed by atoms with Crippen LogP contribution in [0.4, 0.5) is 0 Å². The van der Waals surface area contributed by atoms with Crippen LogP contribution in [0.3, 0.4) is 0 Å². The number of nitrogens with zero attached hydrogens (tertiary/aromatic N) is 1. The summed E-state index contributed by atoms with van der Waals surface area (Å²) in [5, 5.41) is 135. The number of carboxylic acid groups (broad SMARTS) is 1. The summed E-state index contributed by atoms with van der Waals surface area (Å²) < 4.78 is 17.5. The monoisotopic (exact) mass is 1100 g/mol. The topological polar surface area (TPSA) is 372 Å². The van der Waals surface area contributed by atoms with Gasteiger partial charge < -0.3 is 86.5 Å². The fourth-order valence-electron chi connectivity index (χ4n) is 10.3. The Morgan fingerprint density at radius 2 is 1.36 bits per heavy atom. The van der Waals surface area contributed by atoms with Gasteiger partial charge in [-0.25, -0.2) is 4.79 Å². The Balaban J connectivity index is 2.40. The number of cyclic esters (lactones) is 1. The van der Waals surface area contributed by atoms with Crippen LogP contribution in [-0.2, 0) is 28.6 Å². The quantitative estimate of drug-likeness (QED) is 0.0315. The van der Waals surface area contributed by atoms with E-state index in [0.29, 0.717) is 24.4 Å². The van der Waals surface area contributed by atoms with Gasteiger partial charge in [-0.05, 0) is 82.5 Å². The second-order valence-corrected chi connectivity index (χ2v) is 22.8. The predicted octanol–water partition coefficient (Wildman–Crippen LogP) is 2.87. The lowest BCUT2D eigenvalue weighted by molar-refractivity contribution is -0.333. The van der Waals surface area contributed by atoms with Crippen LogP contribution in [0.2, 0.25) is 0 Å². The van der Waals surface area contributed by atoms with Gasteiger partial charge in [0.2, 0.25) is 0 Å². The zero-order valence-electron chi connectivity index (χ0n) is 47.2. The second-order valence-electron chi connectivity index (χ2n) is 22.8. The number of ether oxygens (including phenoxy) is 3. The van der Waals surface area contributed by atoms with Crippen molar-refractivity contribution in [2.75, 3.05) is 13.6 Å². The van der Waals surface area contributed by atoms with Gasteiger partial charge in [0.05, 0.1) is 61.0 Å². The first kappa shape index (κ1) is 69.8. The highest BCUT2D eigenvalue weighted by molar-refractivity contribution is 5.90. The summed E-state index contributed by atoms with van der Waals surface area (Å²) in [5.74, 6) is -8.17. The Kier molecular flexibility index (Phi) is 32.1. The van der Waals surface area contributed by atoms with Gasteiger partial charge in [-0.15, -0.1) is 0 Å². The Labute approximate surface area is 457 Å². The lowest BCUT2D eigenvalue weighted by atomic mass is 9.83. The molecule has 21 heteroatoms. The van der Waals surface area contributed by atoms with Crippen LogP contribution < -0.4 is 11.1 Å². The van der Waals surface area contributed by atoms with Crippen LogP contribution in [0.5, 0.6) is 0 Å². The second kappa shape index (κ2) is 35.4. The molecule has 0 amide bonds. The zero-order chi connectivity index (χ0) is 58.2. The van der Waals surface area contributed by atoms with E-state index in [4.69, 9.17) is 19.9 Å². The van der Waals surface area contributed by atoms with Crippen molar-refractivity contribution in [2.24, 2.45) is 46.2 Å². The fourth-order valence-corrected chi connectivity index (χ4v) is 10.3. The van der Waals surface area contributed by atoms with Gasteiger partial charge in [0.15, 0.2) is 11.7 Å². The molecule has 2 rings (SSSR count). The SMILES string of the molecule is CN=C(N)NCCCCCCCCC(C)C1OC(=O)/C(C)=C\CCC(C)C(O)CC(O)C(C)C(O)CCC(C)C(O)CC2(O)OC(CC(OC(=O)CC(=O)O)CC(O)CC(O)CC(O)C(C)C(O)/C=C/C1C)CC(O)C2O. The summed E-state index contributed by atoms with van der Waals surface area (Å²) in [5.41, 5.74) is 6.08. The normalized spacial score (nSPS) is 38.7. The number of hydrogen-bond acceptors (Lipinski definition) is 18. The molecule has 1 fully saturated rings. The average molecular weight is 1100 g/mol. The van der Waals surface area contributed by atoms with E-state index in [-0.39, 0.29) is 69.1 Å². The van der Waals surface area contributed by atoms with Crippen molar-refractivity contribution in [1.82, 2.24) is 5.32 Å². The molecule has 2 heterocycles. The molecule has 20 unspecified atom stereocenters. The first-order valence-electron chi connectivity index (χ1n) is 28.2. The minimum atomic E-state index is -2.53. The van der Waals surface area contributed by atoms with E-state index < -0.39 is 134 Å². The van der Waals surface area contributed by atoms with Gasteiger partial charge in [0, 0.05) is 62.6 Å². The van der Waals surface area contributed by atoms with Crippen LogP contribution >= 0.6 is 0 Å². The van der Waals surface area contributed by atoms with Gasteiger partial charge >= 0.3 is 17.9 Å². The number of nitrogens with two attached hydrogens (primary N) is 1. The van der Waals surface area contributed by atoms with E-state index in [1.54, 1.807) is 46.9 Å². The van der Waals surface area contributed by atoms with Crippen molar-refractivity contribution in [2.45, 2.75) is 256 Å². The Morgan fingerprint density at radius 1 is 0.753 bits per heavy atom. The number of hydrogen-bond donors (Lipinski definition) is 14. The number of esters is 2. The summed E-state index contributed by atoms with van der Waals surface area (Å²) in [7, 11) is 1.63. The van der Waals surface area contributed by atoms with E-state index in [2.05, 4.69) is 10.3 Å². The molecule has 0 spiro atoms. The van der Waals surface area contributed by atoms with Crippen LogP contribution in [0.15, 0.2) is 28.8 Å². The van der Waals surface area contributed by atoms with Gasteiger partial charge in [0.1, 0.15) is 24.7 Å². The molecule has 77 heavy (non-hydrogen) atoms. The molecule has 0 saturated carbocycles. The van der Waals surface area contributed by atoms with Gasteiger partial charge in [-0.1, -0.05) is 91.9 Å². The molecule has 2 aliphatic heterocycles. The number of rotatable bonds is 13. The summed E-state index contributed by atoms with van der Waals surface area (Å²) in [6.45, 7) is 13.0. The molecular weight excluding hydrogens is 1000 g/mol. The molecule has 20 atom stereocenters. The Morgan fingerprint density at radius 3 is 2.01 bits per heavy atom. The van der Waals surface area contributed by atoms with Crippen molar-refractivity contribution in [3.63, 3.8) is 0 Å². The van der Waals surface area contributed by atoms with Gasteiger partial charge in [0.25, 0.3) is 0 Å². The van der Waals surface area contributed by atoms with Crippen molar-refractivity contribution in [3.05, 3.63) is 23.8 Å². The number of nitrogens with one attached hydrogen (secondary N) is 1. The van der Waals surface area contributed by atoms with E-state index in [1.165, 1.54) is 6.08 Å². The van der Waals surface area contributed by atoms with E-state index in [1.807, 2.05) is 20.8 Å². The summed E-state index contributed by atoms with van der Waals surface area (Å²) in [6, 6.07) is 0. The standard InChI is InChI=1S/C56H101N3O18/c1-32-17-15-18-36(5)54(73)76-52(34(3)16-13-11-9-10-12-14-23-59-55(57)58-8)35(4)20-22-44(63)37(6)46(65)26-40(61)24-39(60)25-41(75-51(71)30-50(69)70)27-42-28-48(67)53(72)56(74,77-42)31-49(68)33(2)19-21-43(62)38(7)47(66)29-45(32)64/h18,20,22,32-35,37-49,52-53,60-68,72,74H,9-17,19,21,23-31H2,1-8H3,(H,69,70)(H3,57,58,59)/b22-20+,36-18-. The molecule has 0 aromatic heterocycles. The molecule has 0 radical (unpaired) electrons. The number of aliphatic imine (C=N–C) groups is 1. The van der Waals surface area contributed by atoms with Crippen molar-refractivity contribution < 1.29 is 89.9 Å². The number of allylic oxidation sites excluding steroid dienone is 1. The zero-order valence-corrected chi connectivity index (χ0v) is 47.2. The minimum Gasteiger partial charge on any atom is -0.481 e. The minimum absolute atomic E-state index is 0.0339. The molecule has 1 saturated heterocycles. The lowest BCUT2D eigenvalue weighted by Gasteiger charge is -2.45. The van der Waals surface area contributed by atoms with Crippen molar-refractivity contribution >= 4 is 23.9 Å². The van der Waals surface area contributed by atoms with E-state index in [0.717, 1.165) is 51.5 Å². The average Bonchev–Trinajstić information content (AvgIpc) is 3.35. The van der Waals surface area contributed by atoms with Crippen LogP contribution in [-0.4, -0.2) is 184 Å². The molecule has 15 N–H and O–H groups in total. The van der Waals surface area contributed by atoms with Crippen molar-refractivity contribution in [3.8, 4) is 0 Å². The van der Waals surface area contributed by atoms with Crippen LogP contribution in [0.25, 0.3) is 0 Å². The maximum Gasteiger partial charge on any atom is 0.333 e. The number of carboxylic acids is 1. The van der Waals surface area contributed by atoms with Crippen LogP contribution in [0.1, 0.15) is 170 Å². The number of aliphatic carboxylic acids is 1. The van der Waals surface area contributed by atoms with Crippen molar-refractivity contribution in [1.29, 1.82) is 0 Å². The number of guanidine groups is 1. The first-order chi connectivity index (χ1) is 36.1. The largest absolute Gasteiger partial charge is 0.481 e. The summed E-state index contributed by atoms with van der Waals surface area (Å²) in [4.78, 5) is 41.6. The summed E-state index contributed by atoms with van der Waals surface area (Å²) >= 11 is 0. The maximum absolute atomic E-state index is 13.7. The Hall–Kier alpha value is -3.32. The maximum atomic E-state index is 13.7. The number of aliphatic hydroxyl groups is 11. The number of unbranched alkanes of at least 4 members (excludes halogenated alkanes) is 5. The number of fused-ring (bicyclic) bond motifs is 2. The third-order valence-corrected chi connectivity index (χ3v) is 16.0. The highest BCUT2D eigenvalue weighted by atomic mass is 16.7. The molecule has 21 nitrogen and oxygen atoms in total. The molecule has 2 aliphatic rings. The highest BCUT2D eigenvalue weighted by Gasteiger charge is 2.50. The molecular formula is C56H101N3O18. The number of aliphatic hydroxyl groups excluding tert-OH is 10. The number of carbonyl (C=O) groups is 3. The van der Waals surface area contributed by atoms with E-state index in [9.17, 15) is 75.7 Å². The molecule has 448 valence electrons. The highest BCUT2D eigenvalue weighted by Crippen LogP contribution is 2.36. The van der Waals surface area contributed by atoms with Gasteiger partial charge in [-0.2, -0.15) is 0 Å². The predicted molar refractivity (Wildman–Crippen MR) is 288 cm³/mol. The molecule has 0 aromatic carbocycles. The molecule has 2 bridgehead atoms. The van der Waals surface area contributed by atoms with Crippen LogP contribution in [0, 0.1) is 35.5 Å². The van der Waals surface area contributed by atoms with E-state index >= 15 is 0 Å². The third kappa shape index (κ3) is 25.8. The lowest BCUT2D eigenvalue weighted by Crippen LogP contribution is -2.60. The smallest absolute Gasteiger partial charge is 0.333 e. The molecule has 0 aliphatic carbocycles.